The third-order valence-corrected chi connectivity index (χ3v) is 2.91. The minimum atomic E-state index is -2.45. The van der Waals surface area contributed by atoms with Gasteiger partial charge in [-0.3, -0.25) is 0 Å². The molecule has 2 rings (SSSR count). The first-order valence-corrected chi connectivity index (χ1v) is 5.93. The SMILES string of the molecule is CCCn1cc(CC)c2cc(C(F)F)cnc21. The van der Waals surface area contributed by atoms with Gasteiger partial charge in [0.15, 0.2) is 0 Å². The van der Waals surface area contributed by atoms with Crippen LogP contribution in [0.1, 0.15) is 37.8 Å². The van der Waals surface area contributed by atoms with Crippen LogP contribution in [0.25, 0.3) is 11.0 Å². The van der Waals surface area contributed by atoms with E-state index in [2.05, 4.69) is 11.9 Å². The number of pyridine rings is 1. The van der Waals surface area contributed by atoms with Crippen molar-refractivity contribution in [2.75, 3.05) is 0 Å². The third kappa shape index (κ3) is 2.16. The normalized spacial score (nSPS) is 11.6. The Kier molecular flexibility index (Phi) is 3.41. The number of alkyl halides is 2. The van der Waals surface area contributed by atoms with E-state index in [1.165, 1.54) is 6.20 Å². The molecule has 0 spiro atoms. The number of aryl methyl sites for hydroxylation is 2. The molecule has 0 amide bonds. The van der Waals surface area contributed by atoms with E-state index in [1.807, 2.05) is 17.7 Å². The predicted molar refractivity (Wildman–Crippen MR) is 64.4 cm³/mol. The second-order valence-electron chi connectivity index (χ2n) is 4.14. The monoisotopic (exact) mass is 238 g/mol. The molecular weight excluding hydrogens is 222 g/mol. The van der Waals surface area contributed by atoms with Crippen LogP contribution in [0.3, 0.4) is 0 Å². The maximum atomic E-state index is 12.6. The van der Waals surface area contributed by atoms with E-state index in [9.17, 15) is 8.78 Å². The van der Waals surface area contributed by atoms with Crippen LogP contribution in [0.5, 0.6) is 0 Å². The highest BCUT2D eigenvalue weighted by atomic mass is 19.3. The van der Waals surface area contributed by atoms with Crippen molar-refractivity contribution in [1.29, 1.82) is 0 Å². The summed E-state index contributed by atoms with van der Waals surface area (Å²) in [5.41, 5.74) is 1.90. The Hall–Kier alpha value is -1.45. The van der Waals surface area contributed by atoms with Gasteiger partial charge in [0.25, 0.3) is 6.43 Å². The van der Waals surface area contributed by atoms with E-state index in [0.717, 1.165) is 36.0 Å². The Labute approximate surface area is 99.3 Å². The molecule has 4 heteroatoms. The van der Waals surface area contributed by atoms with Crippen LogP contribution in [0.2, 0.25) is 0 Å². The summed E-state index contributed by atoms with van der Waals surface area (Å²) in [6, 6.07) is 1.57. The van der Waals surface area contributed by atoms with E-state index >= 15 is 0 Å². The maximum absolute atomic E-state index is 12.6. The lowest BCUT2D eigenvalue weighted by Gasteiger charge is -2.03. The molecule has 0 atom stereocenters. The molecule has 0 radical (unpaired) electrons. The van der Waals surface area contributed by atoms with Crippen molar-refractivity contribution in [2.24, 2.45) is 0 Å². The summed E-state index contributed by atoms with van der Waals surface area (Å²) in [7, 11) is 0. The molecule has 0 N–H and O–H groups in total. The molecule has 2 aromatic rings. The number of fused-ring (bicyclic) bond motifs is 1. The van der Waals surface area contributed by atoms with Crippen molar-refractivity contribution in [3.05, 3.63) is 29.6 Å². The lowest BCUT2D eigenvalue weighted by atomic mass is 10.1. The van der Waals surface area contributed by atoms with Crippen molar-refractivity contribution in [3.8, 4) is 0 Å². The molecule has 0 aliphatic heterocycles. The van der Waals surface area contributed by atoms with Gasteiger partial charge in [-0.2, -0.15) is 0 Å². The predicted octanol–water partition coefficient (Wildman–Crippen LogP) is 3.95. The molecule has 0 saturated heterocycles. The van der Waals surface area contributed by atoms with E-state index in [1.54, 1.807) is 6.07 Å². The molecule has 92 valence electrons. The molecule has 0 aliphatic rings. The fraction of sp³-hybridized carbons (Fsp3) is 0.462. The number of nitrogens with zero attached hydrogens (tertiary/aromatic N) is 2. The Bertz CT molecular complexity index is 517. The number of aromatic nitrogens is 2. The molecular formula is C13H16F2N2. The van der Waals surface area contributed by atoms with Gasteiger partial charge in [-0.25, -0.2) is 13.8 Å². The first kappa shape index (κ1) is 12.0. The molecule has 17 heavy (non-hydrogen) atoms. The van der Waals surface area contributed by atoms with Gasteiger partial charge in [0, 0.05) is 29.9 Å². The molecule has 0 saturated carbocycles. The zero-order chi connectivity index (χ0) is 12.4. The zero-order valence-electron chi connectivity index (χ0n) is 10.1. The van der Waals surface area contributed by atoms with Crippen molar-refractivity contribution < 1.29 is 8.78 Å². The Morgan fingerprint density at radius 1 is 1.35 bits per heavy atom. The Morgan fingerprint density at radius 3 is 2.71 bits per heavy atom. The standard InChI is InChI=1S/C13H16F2N2/c1-3-5-17-8-9(4-2)11-6-10(12(14)15)7-16-13(11)17/h6-8,12H,3-5H2,1-2H3. The summed E-state index contributed by atoms with van der Waals surface area (Å²) in [5, 5.41) is 0.860. The van der Waals surface area contributed by atoms with Gasteiger partial charge in [0.2, 0.25) is 0 Å². The van der Waals surface area contributed by atoms with Crippen LogP contribution < -0.4 is 0 Å². The second kappa shape index (κ2) is 4.82. The summed E-state index contributed by atoms with van der Waals surface area (Å²) in [6.07, 6.45) is 2.69. The topological polar surface area (TPSA) is 17.8 Å². The van der Waals surface area contributed by atoms with E-state index in [-0.39, 0.29) is 5.56 Å². The molecule has 0 bridgehead atoms. The first-order valence-electron chi connectivity index (χ1n) is 5.93. The summed E-state index contributed by atoms with van der Waals surface area (Å²) in [4.78, 5) is 4.17. The second-order valence-corrected chi connectivity index (χ2v) is 4.14. The van der Waals surface area contributed by atoms with Gasteiger partial charge in [0.05, 0.1) is 0 Å². The Balaban J connectivity index is 2.59. The van der Waals surface area contributed by atoms with E-state index < -0.39 is 6.43 Å². The van der Waals surface area contributed by atoms with Gasteiger partial charge in [-0.15, -0.1) is 0 Å². The van der Waals surface area contributed by atoms with Crippen LogP contribution in [-0.4, -0.2) is 9.55 Å². The number of hydrogen-bond acceptors (Lipinski definition) is 1. The Morgan fingerprint density at radius 2 is 2.12 bits per heavy atom. The largest absolute Gasteiger partial charge is 0.332 e. The van der Waals surface area contributed by atoms with Crippen molar-refractivity contribution in [1.82, 2.24) is 9.55 Å². The summed E-state index contributed by atoms with van der Waals surface area (Å²) < 4.78 is 27.3. The third-order valence-electron chi connectivity index (χ3n) is 2.91. The highest BCUT2D eigenvalue weighted by molar-refractivity contribution is 5.81. The highest BCUT2D eigenvalue weighted by Crippen LogP contribution is 2.26. The first-order chi connectivity index (χ1) is 8.17. The van der Waals surface area contributed by atoms with Crippen LogP contribution in [-0.2, 0) is 13.0 Å². The number of hydrogen-bond donors (Lipinski definition) is 0. The fourth-order valence-electron chi connectivity index (χ4n) is 2.07. The lowest BCUT2D eigenvalue weighted by Crippen LogP contribution is -1.96. The van der Waals surface area contributed by atoms with E-state index in [0.29, 0.717) is 0 Å². The minimum absolute atomic E-state index is 0.00134. The number of halogens is 2. The van der Waals surface area contributed by atoms with Crippen molar-refractivity contribution >= 4 is 11.0 Å². The zero-order valence-corrected chi connectivity index (χ0v) is 10.1. The molecule has 2 nitrogen and oxygen atoms in total. The smallest absolute Gasteiger partial charge is 0.265 e. The lowest BCUT2D eigenvalue weighted by molar-refractivity contribution is 0.151. The fourth-order valence-corrected chi connectivity index (χ4v) is 2.07. The quantitative estimate of drug-likeness (QED) is 0.788. The van der Waals surface area contributed by atoms with Crippen LogP contribution in [0.15, 0.2) is 18.5 Å². The van der Waals surface area contributed by atoms with Gasteiger partial charge in [-0.05, 0) is 24.5 Å². The molecule has 0 aliphatic carbocycles. The molecule has 2 aromatic heterocycles. The average Bonchev–Trinajstić information content (AvgIpc) is 2.67. The highest BCUT2D eigenvalue weighted by Gasteiger charge is 2.13. The van der Waals surface area contributed by atoms with Crippen molar-refractivity contribution in [2.45, 2.75) is 39.7 Å². The average molecular weight is 238 g/mol. The van der Waals surface area contributed by atoms with Gasteiger partial charge < -0.3 is 4.57 Å². The minimum Gasteiger partial charge on any atom is -0.332 e. The van der Waals surface area contributed by atoms with Gasteiger partial charge in [-0.1, -0.05) is 13.8 Å². The molecule has 0 aromatic carbocycles. The van der Waals surface area contributed by atoms with Gasteiger partial charge >= 0.3 is 0 Å². The van der Waals surface area contributed by atoms with Crippen molar-refractivity contribution in [3.63, 3.8) is 0 Å². The molecule has 0 unspecified atom stereocenters. The molecule has 2 heterocycles. The summed E-state index contributed by atoms with van der Waals surface area (Å²) >= 11 is 0. The van der Waals surface area contributed by atoms with Crippen LogP contribution in [0, 0.1) is 0 Å². The summed E-state index contributed by atoms with van der Waals surface area (Å²) in [5.74, 6) is 0. The van der Waals surface area contributed by atoms with Gasteiger partial charge in [0.1, 0.15) is 5.65 Å². The summed E-state index contributed by atoms with van der Waals surface area (Å²) in [6.45, 7) is 4.99. The van der Waals surface area contributed by atoms with Crippen LogP contribution in [0.4, 0.5) is 8.78 Å². The molecule has 0 fully saturated rings. The number of rotatable bonds is 4. The van der Waals surface area contributed by atoms with E-state index in [4.69, 9.17) is 0 Å². The maximum Gasteiger partial charge on any atom is 0.265 e. The van der Waals surface area contributed by atoms with Crippen LogP contribution >= 0.6 is 0 Å².